The molecule has 1 unspecified atom stereocenters. The maximum atomic E-state index is 13.1. The van der Waals surface area contributed by atoms with E-state index >= 15 is 0 Å². The van der Waals surface area contributed by atoms with Crippen molar-refractivity contribution in [3.8, 4) is 0 Å². The Labute approximate surface area is 171 Å². The van der Waals surface area contributed by atoms with E-state index < -0.39 is 0 Å². The van der Waals surface area contributed by atoms with Crippen LogP contribution in [-0.4, -0.2) is 57.1 Å². The van der Waals surface area contributed by atoms with Gasteiger partial charge in [-0.05, 0) is 62.3 Å². The van der Waals surface area contributed by atoms with E-state index in [-0.39, 0.29) is 30.0 Å². The van der Waals surface area contributed by atoms with Crippen LogP contribution in [0.1, 0.15) is 56.2 Å². The van der Waals surface area contributed by atoms with E-state index in [0.717, 1.165) is 62.7 Å². The highest BCUT2D eigenvalue weighted by Gasteiger charge is 2.44. The fraction of sp³-hybridized carbons (Fsp3) is 0.727. The molecule has 3 aliphatic heterocycles. The van der Waals surface area contributed by atoms with E-state index in [2.05, 4.69) is 10.00 Å². The van der Waals surface area contributed by atoms with E-state index in [1.54, 1.807) is 6.07 Å². The minimum Gasteiger partial charge on any atom is -0.340 e. The molecule has 0 saturated carbocycles. The van der Waals surface area contributed by atoms with Gasteiger partial charge in [-0.2, -0.15) is 5.10 Å². The van der Waals surface area contributed by atoms with Crippen molar-refractivity contribution >= 4 is 11.8 Å². The van der Waals surface area contributed by atoms with Gasteiger partial charge in [0.2, 0.25) is 11.8 Å². The Balaban J connectivity index is 1.30. The summed E-state index contributed by atoms with van der Waals surface area (Å²) < 4.78 is 1.37. The number of hydrogen-bond donors (Lipinski definition) is 0. The van der Waals surface area contributed by atoms with Gasteiger partial charge in [0.1, 0.15) is 6.54 Å². The molecule has 0 spiro atoms. The predicted molar refractivity (Wildman–Crippen MR) is 107 cm³/mol. The van der Waals surface area contributed by atoms with Gasteiger partial charge in [-0.1, -0.05) is 6.42 Å². The lowest BCUT2D eigenvalue weighted by Crippen LogP contribution is -2.61. The van der Waals surface area contributed by atoms with Crippen LogP contribution >= 0.6 is 0 Å². The smallest absolute Gasteiger partial charge is 0.267 e. The van der Waals surface area contributed by atoms with Gasteiger partial charge in [-0.15, -0.1) is 0 Å². The van der Waals surface area contributed by atoms with Gasteiger partial charge in [-0.25, -0.2) is 4.68 Å². The van der Waals surface area contributed by atoms with E-state index in [9.17, 15) is 14.4 Å². The molecule has 2 amide bonds. The van der Waals surface area contributed by atoms with Crippen molar-refractivity contribution in [2.45, 2.75) is 70.4 Å². The van der Waals surface area contributed by atoms with Gasteiger partial charge >= 0.3 is 0 Å². The van der Waals surface area contributed by atoms with E-state index in [1.807, 2.05) is 4.90 Å². The van der Waals surface area contributed by atoms with Crippen molar-refractivity contribution in [1.82, 2.24) is 19.6 Å². The zero-order valence-corrected chi connectivity index (χ0v) is 17.0. The van der Waals surface area contributed by atoms with Crippen LogP contribution in [0.3, 0.4) is 0 Å². The lowest BCUT2D eigenvalue weighted by molar-refractivity contribution is -0.149. The first kappa shape index (κ1) is 18.8. The lowest BCUT2D eigenvalue weighted by atomic mass is 9.76. The zero-order chi connectivity index (χ0) is 20.0. The molecule has 29 heavy (non-hydrogen) atoms. The molecule has 4 aliphatic rings. The number of aryl methyl sites for hydroxylation is 2. The second kappa shape index (κ2) is 7.58. The summed E-state index contributed by atoms with van der Waals surface area (Å²) in [4.78, 5) is 41.9. The number of fused-ring (bicyclic) bond motifs is 5. The van der Waals surface area contributed by atoms with E-state index in [0.29, 0.717) is 31.3 Å². The molecule has 4 heterocycles. The summed E-state index contributed by atoms with van der Waals surface area (Å²) in [6.45, 7) is 2.19. The van der Waals surface area contributed by atoms with Gasteiger partial charge in [0.05, 0.1) is 5.69 Å². The van der Waals surface area contributed by atoms with Gasteiger partial charge in [0.15, 0.2) is 0 Å². The van der Waals surface area contributed by atoms with E-state index in [4.69, 9.17) is 0 Å². The van der Waals surface area contributed by atoms with Crippen LogP contribution in [0.2, 0.25) is 0 Å². The summed E-state index contributed by atoms with van der Waals surface area (Å²) in [5, 5.41) is 4.56. The quantitative estimate of drug-likeness (QED) is 0.705. The van der Waals surface area contributed by atoms with Crippen LogP contribution in [0.4, 0.5) is 0 Å². The largest absolute Gasteiger partial charge is 0.340 e. The molecule has 0 N–H and O–H groups in total. The van der Waals surface area contributed by atoms with Crippen molar-refractivity contribution < 1.29 is 9.59 Å². The minimum absolute atomic E-state index is 0.0153. The van der Waals surface area contributed by atoms with Crippen molar-refractivity contribution in [3.63, 3.8) is 0 Å². The SMILES string of the molecule is O=C(Cn1nc2c(cc1=O)CCCCC2)N1C[C@@H]2C[C@@H](C1)C1CCCC(=O)N1C2. The minimum atomic E-state index is -0.166. The maximum Gasteiger partial charge on any atom is 0.267 e. The monoisotopic (exact) mass is 398 g/mol. The average Bonchev–Trinajstić information content (AvgIpc) is 2.94. The topological polar surface area (TPSA) is 75.5 Å². The molecular formula is C22H30N4O3. The Morgan fingerprint density at radius 2 is 1.90 bits per heavy atom. The number of amides is 2. The number of nitrogens with zero attached hydrogens (tertiary/aromatic N) is 4. The number of hydrogen-bond acceptors (Lipinski definition) is 4. The molecule has 3 saturated heterocycles. The maximum absolute atomic E-state index is 13.1. The fourth-order valence-corrected chi connectivity index (χ4v) is 5.93. The molecule has 0 aromatic carbocycles. The van der Waals surface area contributed by atoms with E-state index in [1.165, 1.54) is 11.1 Å². The fourth-order valence-electron chi connectivity index (χ4n) is 5.93. The number of aromatic nitrogens is 2. The van der Waals surface area contributed by atoms with Gasteiger partial charge < -0.3 is 9.80 Å². The molecule has 3 fully saturated rings. The summed E-state index contributed by atoms with van der Waals surface area (Å²) in [6.07, 6.45) is 8.97. The molecule has 1 aliphatic carbocycles. The Morgan fingerprint density at radius 3 is 2.79 bits per heavy atom. The molecule has 1 aromatic heterocycles. The normalized spacial score (nSPS) is 29.1. The van der Waals surface area contributed by atoms with Crippen LogP contribution < -0.4 is 5.56 Å². The first-order chi connectivity index (χ1) is 14.1. The highest BCUT2D eigenvalue weighted by Crippen LogP contribution is 2.37. The standard InChI is InChI=1S/C22H30N4O3/c27-20-8-4-7-19-17-9-15(12-25(19)20)11-24(13-17)22(29)14-26-21(28)10-16-5-2-1-3-6-18(16)23-26/h10,15,17,19H,1-9,11-14H2/t15-,17-,19?/m0/s1. The highest BCUT2D eigenvalue weighted by molar-refractivity contribution is 5.78. The summed E-state index contributed by atoms with van der Waals surface area (Å²) >= 11 is 0. The molecule has 5 rings (SSSR count). The molecule has 0 radical (unpaired) electrons. The molecule has 3 atom stereocenters. The van der Waals surface area contributed by atoms with Gasteiger partial charge in [0, 0.05) is 38.2 Å². The zero-order valence-electron chi connectivity index (χ0n) is 17.0. The third kappa shape index (κ3) is 3.60. The highest BCUT2D eigenvalue weighted by atomic mass is 16.2. The van der Waals surface area contributed by atoms with Crippen LogP contribution in [0.5, 0.6) is 0 Å². The van der Waals surface area contributed by atoms with Gasteiger partial charge in [-0.3, -0.25) is 14.4 Å². The summed E-state index contributed by atoms with van der Waals surface area (Å²) in [6, 6.07) is 1.98. The number of carbonyl (C=O) groups is 2. The molecule has 156 valence electrons. The second-order valence-electron chi connectivity index (χ2n) is 9.34. The summed E-state index contributed by atoms with van der Waals surface area (Å²) in [5.41, 5.74) is 1.88. The Bertz CT molecular complexity index is 879. The first-order valence-corrected chi connectivity index (χ1v) is 11.3. The third-order valence-corrected chi connectivity index (χ3v) is 7.34. The Morgan fingerprint density at radius 1 is 1.03 bits per heavy atom. The Hall–Kier alpha value is -2.18. The van der Waals surface area contributed by atoms with Crippen LogP contribution in [0, 0.1) is 11.8 Å². The average molecular weight is 399 g/mol. The molecule has 7 heteroatoms. The molecule has 1 aromatic rings. The van der Waals surface area contributed by atoms with Crippen molar-refractivity contribution in [2.24, 2.45) is 11.8 Å². The predicted octanol–water partition coefficient (Wildman–Crippen LogP) is 1.37. The van der Waals surface area contributed by atoms with Crippen LogP contribution in [-0.2, 0) is 29.0 Å². The van der Waals surface area contributed by atoms with Crippen LogP contribution in [0.25, 0.3) is 0 Å². The van der Waals surface area contributed by atoms with Crippen LogP contribution in [0.15, 0.2) is 10.9 Å². The van der Waals surface area contributed by atoms with Crippen molar-refractivity contribution in [2.75, 3.05) is 19.6 Å². The third-order valence-electron chi connectivity index (χ3n) is 7.34. The lowest BCUT2D eigenvalue weighted by Gasteiger charge is -2.52. The van der Waals surface area contributed by atoms with Crippen molar-refractivity contribution in [3.05, 3.63) is 27.7 Å². The second-order valence-corrected chi connectivity index (χ2v) is 9.34. The molecule has 7 nitrogen and oxygen atoms in total. The number of rotatable bonds is 2. The summed E-state index contributed by atoms with van der Waals surface area (Å²) in [5.74, 6) is 0.995. The van der Waals surface area contributed by atoms with Gasteiger partial charge in [0.25, 0.3) is 5.56 Å². The molecule has 2 bridgehead atoms. The number of piperidine rings is 3. The van der Waals surface area contributed by atoms with Crippen molar-refractivity contribution in [1.29, 1.82) is 0 Å². The molecular weight excluding hydrogens is 368 g/mol. The Kier molecular flexibility index (Phi) is 4.92. The number of carbonyl (C=O) groups excluding carboxylic acids is 2. The number of likely N-dealkylation sites (tertiary alicyclic amines) is 1. The summed E-state index contributed by atoms with van der Waals surface area (Å²) in [7, 11) is 0. The first-order valence-electron chi connectivity index (χ1n) is 11.3.